The van der Waals surface area contributed by atoms with Crippen LogP contribution in [0.15, 0.2) is 24.3 Å². The second-order valence-electron chi connectivity index (χ2n) is 35.9. The number of aliphatic hydroxyl groups excluding tert-OH is 20. The van der Waals surface area contributed by atoms with Crippen molar-refractivity contribution in [2.75, 3.05) is 46.2 Å². The van der Waals surface area contributed by atoms with E-state index in [-0.39, 0.29) is 12.3 Å². The summed E-state index contributed by atoms with van der Waals surface area (Å²) in [7, 11) is 0. The van der Waals surface area contributed by atoms with Gasteiger partial charge in [0.1, 0.15) is 165 Å². The Labute approximate surface area is 763 Å². The number of aliphatic hydroxyl groups is 20. The lowest BCUT2D eigenvalue weighted by Crippen LogP contribution is -2.70. The number of allylic oxidation sites excluding steroid dienone is 3. The van der Waals surface area contributed by atoms with E-state index in [1.54, 1.807) is 6.08 Å². The van der Waals surface area contributed by atoms with Crippen LogP contribution in [0.4, 0.5) is 0 Å². The van der Waals surface area contributed by atoms with E-state index >= 15 is 0 Å². The smallest absolute Gasteiger partial charge is 0.220 e. The van der Waals surface area contributed by atoms with E-state index < -0.39 is 285 Å². The molecule has 7 heterocycles. The zero-order valence-electron chi connectivity index (χ0n) is 76.5. The fourth-order valence-electron chi connectivity index (χ4n) is 17.6. The van der Waals surface area contributed by atoms with E-state index in [1.165, 1.54) is 155 Å². The molecule has 758 valence electrons. The third-order valence-corrected chi connectivity index (χ3v) is 25.5. The topological polar surface area (TPSA) is 621 Å². The van der Waals surface area contributed by atoms with Crippen LogP contribution in [0.25, 0.3) is 0 Å². The predicted octanol–water partition coefficient (Wildman–Crippen LogP) is -0.675. The minimum Gasteiger partial charge on any atom is -0.394 e. The molecule has 40 nitrogen and oxygen atoms in total. The number of carbonyl (C=O) groups excluding carboxylic acids is 3. The van der Waals surface area contributed by atoms with Crippen molar-refractivity contribution in [2.24, 2.45) is 0 Å². The first-order chi connectivity index (χ1) is 62.5. The fourth-order valence-corrected chi connectivity index (χ4v) is 17.6. The molecule has 3 amide bonds. The van der Waals surface area contributed by atoms with Crippen LogP contribution in [-0.4, -0.2) is 393 Å². The minimum atomic E-state index is -2.30. The Morgan fingerprint density at radius 2 is 0.708 bits per heavy atom. The molecular formula is C90H161N3O37. The first-order valence-corrected chi connectivity index (χ1v) is 48.0. The van der Waals surface area contributed by atoms with Gasteiger partial charge >= 0.3 is 0 Å². The second kappa shape index (κ2) is 61.1. The molecule has 7 rings (SSSR count). The Morgan fingerprint density at radius 3 is 1.20 bits per heavy atom. The number of ether oxygens (including phenoxy) is 14. The number of amides is 3. The van der Waals surface area contributed by atoms with Crippen LogP contribution in [0.5, 0.6) is 0 Å². The van der Waals surface area contributed by atoms with Gasteiger partial charge in [-0.25, -0.2) is 0 Å². The largest absolute Gasteiger partial charge is 0.394 e. The van der Waals surface area contributed by atoms with Crippen molar-refractivity contribution in [1.29, 1.82) is 0 Å². The van der Waals surface area contributed by atoms with Crippen LogP contribution < -0.4 is 16.0 Å². The van der Waals surface area contributed by atoms with E-state index in [9.17, 15) is 117 Å². The Kier molecular flexibility index (Phi) is 53.3. The summed E-state index contributed by atoms with van der Waals surface area (Å²) in [6.45, 7) is 1.30. The fraction of sp³-hybridized carbons (Fsp3) is 0.922. The van der Waals surface area contributed by atoms with Crippen molar-refractivity contribution < 1.29 is 183 Å². The third-order valence-electron chi connectivity index (χ3n) is 25.5. The van der Waals surface area contributed by atoms with Crippen LogP contribution in [0, 0.1) is 0 Å². The molecule has 0 aromatic carbocycles. The minimum absolute atomic E-state index is 0.169. The molecule has 7 saturated heterocycles. The molecule has 130 heavy (non-hydrogen) atoms. The number of unbranched alkanes of at least 4 members (excludes halogenated alkanes) is 30. The van der Waals surface area contributed by atoms with E-state index in [1.807, 2.05) is 6.08 Å². The van der Waals surface area contributed by atoms with Gasteiger partial charge in [0.15, 0.2) is 44.0 Å². The molecule has 0 aliphatic carbocycles. The maximum absolute atomic E-state index is 13.6. The van der Waals surface area contributed by atoms with Gasteiger partial charge < -0.3 is 184 Å². The summed E-state index contributed by atoms with van der Waals surface area (Å²) < 4.78 is 83.3. The zero-order chi connectivity index (χ0) is 94.9. The van der Waals surface area contributed by atoms with Crippen LogP contribution in [-0.2, 0) is 80.7 Å². The Morgan fingerprint density at radius 1 is 0.331 bits per heavy atom. The standard InChI is InChI=1S/C90H161N3O37/c1-6-8-10-12-14-16-18-20-21-22-23-24-25-26-27-28-29-31-33-35-37-39-41-43-62(102)93-54(55(101)42-40-38-36-34-32-30-19-17-15-13-11-9-7-2)49-117-87-75(113)72(110)78(58(46-96)123-87)127-89-76(114)73(111)79(59(47-97)124-89)128-90-77(115)82(68(106)57(45-95)121-90)130-86-63(91-52(4)99)69(107)67(105)61(125-86)50-118-85-64(92-53(5)100)81(126-83-71(109)65(103)51(3)119-84(83)116)80(60(48-98)122-85)129-88-74(112)70(108)66(104)56(44-94)120-88/h20-21,40,42,51,54-61,63-90,94-98,101,103-116H,6-19,22-39,41,43-50H2,1-5H3,(H,91,99)(H,92,100)(H,93,102)/b21-20-,42-40+/t51?,54-,55+,56?,57?,58?,59?,60?,61?,63?,64?,65+,66-,67-,68-,69+,70-,71?,72+,73+,74?,75?,76?,77?,78+,79-,80+,81+,82-,83-,84+,85+,86-,87+,88-,89-,90-/m0/s1. The number of hydrogen-bond donors (Lipinski definition) is 23. The van der Waals surface area contributed by atoms with E-state index in [2.05, 4.69) is 41.9 Å². The Bertz CT molecular complexity index is 3110. The number of nitrogens with one attached hydrogen (secondary N) is 3. The van der Waals surface area contributed by atoms with Gasteiger partial charge in [0, 0.05) is 20.3 Å². The molecule has 14 unspecified atom stereocenters. The highest BCUT2D eigenvalue weighted by Gasteiger charge is 2.59. The first-order valence-electron chi connectivity index (χ1n) is 48.0. The number of hydrogen-bond acceptors (Lipinski definition) is 37. The predicted molar refractivity (Wildman–Crippen MR) is 462 cm³/mol. The molecule has 7 aliphatic rings. The van der Waals surface area contributed by atoms with Crippen LogP contribution in [0.2, 0.25) is 0 Å². The molecule has 37 atom stereocenters. The number of carbonyl (C=O) groups is 3. The van der Waals surface area contributed by atoms with E-state index in [0.29, 0.717) is 12.8 Å². The lowest BCUT2D eigenvalue weighted by atomic mass is 9.93. The SMILES string of the molecule is CCCCCCCC/C=C\CCCCCCCCCCCCCCCC(=O)N[C@@H](CO[C@@H]1OC(CO)[C@@H](O[C@@H]2OC(CO)[C@H](O[C@@H]3OC(CO)[C@H](O)[C@H](O[C@@H]4OC(CO[C@@H]5OC(CO)[C@@H](O[C@@H]6OC(CO)[C@H](O)[C@H](O)C6O)[C@H](O[C@H]6C(O)[C@H](O)C(C)O[C@H]6O)C5NC(C)=O)[C@H](O)[C@H](O)C4NC(C)=O)C3O)[C@H](O)C2O)[C@H](O)C1O)[C@H](O)/C=C/CCCCCCCCCCCCC. The van der Waals surface area contributed by atoms with Crippen molar-refractivity contribution in [2.45, 2.75) is 480 Å². The van der Waals surface area contributed by atoms with Crippen molar-refractivity contribution in [1.82, 2.24) is 16.0 Å². The monoisotopic (exact) mass is 1880 g/mol. The van der Waals surface area contributed by atoms with E-state index in [4.69, 9.17) is 66.3 Å². The highest BCUT2D eigenvalue weighted by atomic mass is 16.8. The highest BCUT2D eigenvalue weighted by molar-refractivity contribution is 5.76. The molecule has 7 aliphatic heterocycles. The number of rotatable bonds is 61. The normalized spacial score (nSPS) is 37.3. The van der Waals surface area contributed by atoms with Crippen LogP contribution in [0.1, 0.15) is 253 Å². The van der Waals surface area contributed by atoms with Crippen molar-refractivity contribution >= 4 is 17.7 Å². The maximum atomic E-state index is 13.6. The lowest BCUT2D eigenvalue weighted by molar-refractivity contribution is -0.387. The molecule has 40 heteroatoms. The lowest BCUT2D eigenvalue weighted by Gasteiger charge is -2.51. The zero-order valence-corrected chi connectivity index (χ0v) is 76.5. The average molecular weight is 1880 g/mol. The Balaban J connectivity index is 0.954. The molecule has 0 radical (unpaired) electrons. The molecule has 0 aromatic rings. The molecule has 0 saturated carbocycles. The van der Waals surface area contributed by atoms with Gasteiger partial charge in [0.2, 0.25) is 17.7 Å². The summed E-state index contributed by atoms with van der Waals surface area (Å²) in [4.78, 5) is 39.6. The van der Waals surface area contributed by atoms with Gasteiger partial charge in [-0.1, -0.05) is 205 Å². The van der Waals surface area contributed by atoms with Crippen molar-refractivity contribution in [3.63, 3.8) is 0 Å². The molecule has 0 bridgehead atoms. The Hall–Kier alpha value is -3.47. The molecule has 0 aromatic heterocycles. The van der Waals surface area contributed by atoms with Gasteiger partial charge in [-0.3, -0.25) is 14.4 Å². The maximum Gasteiger partial charge on any atom is 0.220 e. The van der Waals surface area contributed by atoms with Gasteiger partial charge in [0.05, 0.1) is 64.5 Å². The summed E-state index contributed by atoms with van der Waals surface area (Å²) in [5.74, 6) is -2.08. The average Bonchev–Trinajstić information content (AvgIpc) is 0.782. The first kappa shape index (κ1) is 114. The van der Waals surface area contributed by atoms with Gasteiger partial charge in [0.25, 0.3) is 0 Å². The van der Waals surface area contributed by atoms with Crippen molar-refractivity contribution in [3.05, 3.63) is 24.3 Å². The second-order valence-corrected chi connectivity index (χ2v) is 35.9. The highest BCUT2D eigenvalue weighted by Crippen LogP contribution is 2.39. The summed E-state index contributed by atoms with van der Waals surface area (Å²) >= 11 is 0. The van der Waals surface area contributed by atoms with Gasteiger partial charge in [-0.05, 0) is 51.9 Å². The molecule has 0 spiro atoms. The summed E-state index contributed by atoms with van der Waals surface area (Å²) in [6.07, 6.45) is -18.4. The molecule has 7 fully saturated rings. The quantitative estimate of drug-likeness (QED) is 0.0265. The summed E-state index contributed by atoms with van der Waals surface area (Å²) in [5, 5.41) is 232. The van der Waals surface area contributed by atoms with Crippen LogP contribution in [0.3, 0.4) is 0 Å². The summed E-state index contributed by atoms with van der Waals surface area (Å²) in [6, 6.07) is -4.68. The van der Waals surface area contributed by atoms with Gasteiger partial charge in [-0.15, -0.1) is 0 Å². The molecule has 23 N–H and O–H groups in total. The van der Waals surface area contributed by atoms with E-state index in [0.717, 1.165) is 65.2 Å². The summed E-state index contributed by atoms with van der Waals surface area (Å²) in [5.41, 5.74) is 0. The van der Waals surface area contributed by atoms with Crippen molar-refractivity contribution in [3.8, 4) is 0 Å². The van der Waals surface area contributed by atoms with Gasteiger partial charge in [-0.2, -0.15) is 0 Å². The van der Waals surface area contributed by atoms with Crippen LogP contribution >= 0.6 is 0 Å². The third kappa shape index (κ3) is 35.1. The molecular weight excluding hydrogens is 1710 g/mol.